The molecule has 28 heavy (non-hydrogen) atoms. The van der Waals surface area contributed by atoms with Crippen molar-refractivity contribution in [3.63, 3.8) is 0 Å². The lowest BCUT2D eigenvalue weighted by Crippen LogP contribution is -2.41. The van der Waals surface area contributed by atoms with Crippen LogP contribution in [0.25, 0.3) is 0 Å². The van der Waals surface area contributed by atoms with Crippen LogP contribution in [-0.2, 0) is 12.4 Å². The zero-order valence-electron chi connectivity index (χ0n) is 18.0. The summed E-state index contributed by atoms with van der Waals surface area (Å²) >= 11 is 0. The summed E-state index contributed by atoms with van der Waals surface area (Å²) in [5.41, 5.74) is -3.25. The molecule has 162 valence electrons. The molecule has 0 amide bonds. The first-order chi connectivity index (χ1) is 12.2. The fourth-order valence-electron chi connectivity index (χ4n) is 4.50. The van der Waals surface area contributed by atoms with Crippen LogP contribution in [0.4, 0.5) is 26.3 Å². The van der Waals surface area contributed by atoms with E-state index in [0.29, 0.717) is 6.42 Å². The Labute approximate surface area is 164 Å². The van der Waals surface area contributed by atoms with E-state index in [9.17, 15) is 26.3 Å². The smallest absolute Gasteiger partial charge is 0.166 e. The van der Waals surface area contributed by atoms with E-state index < -0.39 is 34.8 Å². The Hall–Kier alpha value is -1.20. The first-order valence-corrected chi connectivity index (χ1v) is 9.54. The Morgan fingerprint density at radius 3 is 1.43 bits per heavy atom. The molecule has 0 aliphatic rings. The topological polar surface area (TPSA) is 0 Å². The van der Waals surface area contributed by atoms with Crippen LogP contribution in [0, 0.1) is 16.2 Å². The van der Waals surface area contributed by atoms with Gasteiger partial charge in [0.05, 0.1) is 11.1 Å². The molecule has 0 spiro atoms. The Balaban J connectivity index is 3.59. The van der Waals surface area contributed by atoms with Crippen molar-refractivity contribution in [2.24, 2.45) is 16.2 Å². The minimum absolute atomic E-state index is 0.0232. The van der Waals surface area contributed by atoms with Gasteiger partial charge in [0.15, 0.2) is 0 Å². The van der Waals surface area contributed by atoms with Gasteiger partial charge >= 0.3 is 12.4 Å². The van der Waals surface area contributed by atoms with Gasteiger partial charge in [0.25, 0.3) is 0 Å². The van der Waals surface area contributed by atoms with Gasteiger partial charge in [-0.25, -0.2) is 0 Å². The summed E-state index contributed by atoms with van der Waals surface area (Å²) in [6.45, 7) is 16.0. The van der Waals surface area contributed by atoms with Crippen LogP contribution < -0.4 is 0 Å². The third-order valence-corrected chi connectivity index (χ3v) is 6.32. The van der Waals surface area contributed by atoms with Crippen LogP contribution in [0.1, 0.15) is 90.8 Å². The molecule has 0 saturated carbocycles. The molecule has 0 radical (unpaired) electrons. The highest BCUT2D eigenvalue weighted by atomic mass is 19.4. The van der Waals surface area contributed by atoms with E-state index in [1.54, 1.807) is 6.92 Å². The van der Waals surface area contributed by atoms with E-state index >= 15 is 0 Å². The van der Waals surface area contributed by atoms with Gasteiger partial charge in [-0.2, -0.15) is 26.3 Å². The maximum atomic E-state index is 13.3. The summed E-state index contributed by atoms with van der Waals surface area (Å²) in [4.78, 5) is 0. The van der Waals surface area contributed by atoms with Gasteiger partial charge in [-0.05, 0) is 58.8 Å². The molecule has 6 heteroatoms. The molecule has 0 N–H and O–H groups in total. The Morgan fingerprint density at radius 1 is 0.750 bits per heavy atom. The van der Waals surface area contributed by atoms with Crippen molar-refractivity contribution >= 4 is 0 Å². The monoisotopic (exact) mass is 410 g/mol. The van der Waals surface area contributed by atoms with Crippen LogP contribution in [0.15, 0.2) is 18.2 Å². The first kappa shape index (κ1) is 24.8. The van der Waals surface area contributed by atoms with Crippen molar-refractivity contribution < 1.29 is 26.3 Å². The van der Waals surface area contributed by atoms with Crippen molar-refractivity contribution in [2.75, 3.05) is 0 Å². The zero-order valence-corrected chi connectivity index (χ0v) is 18.0. The number of hydrogen-bond acceptors (Lipinski definition) is 0. The summed E-state index contributed by atoms with van der Waals surface area (Å²) in [7, 11) is 0. The van der Waals surface area contributed by atoms with Crippen molar-refractivity contribution in [1.29, 1.82) is 0 Å². The zero-order chi connectivity index (χ0) is 22.3. The van der Waals surface area contributed by atoms with Gasteiger partial charge in [0.1, 0.15) is 0 Å². The number of rotatable bonds is 5. The lowest BCUT2D eigenvalue weighted by Gasteiger charge is -2.51. The van der Waals surface area contributed by atoms with Crippen LogP contribution in [0.2, 0.25) is 0 Å². The van der Waals surface area contributed by atoms with Gasteiger partial charge < -0.3 is 0 Å². The summed E-state index contributed by atoms with van der Waals surface area (Å²) in [6, 6.07) is 1.95. The predicted molar refractivity (Wildman–Crippen MR) is 101 cm³/mol. The minimum atomic E-state index is -4.83. The molecule has 0 bridgehead atoms. The molecule has 2 atom stereocenters. The van der Waals surface area contributed by atoms with E-state index in [1.165, 1.54) is 0 Å². The van der Waals surface area contributed by atoms with Gasteiger partial charge in [0, 0.05) is 0 Å². The average Bonchev–Trinajstić information content (AvgIpc) is 2.48. The second-order valence-electron chi connectivity index (χ2n) is 9.95. The highest BCUT2D eigenvalue weighted by molar-refractivity contribution is 5.36. The van der Waals surface area contributed by atoms with Crippen molar-refractivity contribution in [2.45, 2.75) is 86.5 Å². The maximum Gasteiger partial charge on any atom is 0.416 e. The first-order valence-electron chi connectivity index (χ1n) is 9.54. The van der Waals surface area contributed by atoms with Gasteiger partial charge in [0.2, 0.25) is 0 Å². The lowest BCUT2D eigenvalue weighted by molar-refractivity contribution is -0.143. The standard InChI is InChI=1S/C22H32F6/c1-9-20(8,19(6,7)13-18(3,4)5)14(2)15-10-16(21(23,24)25)12-17(11-15)22(26,27)28/h10-12,14H,9,13H2,1-8H3. The summed E-state index contributed by atoms with van der Waals surface area (Å²) < 4.78 is 79.6. The van der Waals surface area contributed by atoms with Crippen molar-refractivity contribution in [3.8, 4) is 0 Å². The number of benzene rings is 1. The van der Waals surface area contributed by atoms with Crippen molar-refractivity contribution in [3.05, 3.63) is 34.9 Å². The molecule has 0 saturated heterocycles. The summed E-state index contributed by atoms with van der Waals surface area (Å²) in [5.74, 6) is -0.488. The Kier molecular flexibility index (Phi) is 6.71. The van der Waals surface area contributed by atoms with Gasteiger partial charge in [-0.3, -0.25) is 0 Å². The average molecular weight is 410 g/mol. The fourth-order valence-corrected chi connectivity index (χ4v) is 4.50. The van der Waals surface area contributed by atoms with E-state index in [4.69, 9.17) is 0 Å². The van der Waals surface area contributed by atoms with Crippen LogP contribution in [0.3, 0.4) is 0 Å². The molecule has 0 aromatic heterocycles. The third-order valence-electron chi connectivity index (χ3n) is 6.32. The number of hydrogen-bond donors (Lipinski definition) is 0. The highest BCUT2D eigenvalue weighted by Gasteiger charge is 2.46. The third kappa shape index (κ3) is 5.44. The van der Waals surface area contributed by atoms with Crippen LogP contribution in [-0.4, -0.2) is 0 Å². The Bertz CT molecular complexity index is 643. The molecule has 0 aliphatic carbocycles. The quantitative estimate of drug-likeness (QED) is 0.426. The molecular weight excluding hydrogens is 378 g/mol. The normalized spacial score (nSPS) is 17.4. The highest BCUT2D eigenvalue weighted by Crippen LogP contribution is 2.56. The summed E-state index contributed by atoms with van der Waals surface area (Å²) in [6.07, 6.45) is -8.24. The van der Waals surface area contributed by atoms with E-state index in [1.807, 2.05) is 13.8 Å². The minimum Gasteiger partial charge on any atom is -0.166 e. The molecule has 0 fully saturated rings. The second-order valence-corrected chi connectivity index (χ2v) is 9.95. The molecule has 0 aliphatic heterocycles. The van der Waals surface area contributed by atoms with Gasteiger partial charge in [-0.1, -0.05) is 55.4 Å². The molecular formula is C22H32F6. The van der Waals surface area contributed by atoms with Crippen molar-refractivity contribution in [1.82, 2.24) is 0 Å². The Morgan fingerprint density at radius 2 is 1.14 bits per heavy atom. The summed E-state index contributed by atoms with van der Waals surface area (Å²) in [5, 5.41) is 0. The molecule has 1 rings (SSSR count). The fraction of sp³-hybridized carbons (Fsp3) is 0.727. The predicted octanol–water partition coefficient (Wildman–Crippen LogP) is 8.71. The maximum absolute atomic E-state index is 13.3. The number of halogens is 6. The number of alkyl halides is 6. The molecule has 2 unspecified atom stereocenters. The molecule has 0 heterocycles. The van der Waals surface area contributed by atoms with E-state index in [2.05, 4.69) is 34.6 Å². The lowest BCUT2D eigenvalue weighted by atomic mass is 9.54. The molecule has 0 nitrogen and oxygen atoms in total. The van der Waals surface area contributed by atoms with Crippen LogP contribution in [0.5, 0.6) is 0 Å². The second kappa shape index (κ2) is 7.56. The van der Waals surface area contributed by atoms with Crippen LogP contribution >= 0.6 is 0 Å². The van der Waals surface area contributed by atoms with E-state index in [0.717, 1.165) is 18.6 Å². The SMILES string of the molecule is CCC(C)(C(C)c1cc(C(F)(F)F)cc(C(F)(F)F)c1)C(C)(C)CC(C)(C)C. The molecule has 1 aromatic rings. The molecule has 1 aromatic carbocycles. The van der Waals surface area contributed by atoms with Gasteiger partial charge in [-0.15, -0.1) is 0 Å². The van der Waals surface area contributed by atoms with E-state index in [-0.39, 0.29) is 22.5 Å². The largest absolute Gasteiger partial charge is 0.416 e.